The fourth-order valence-electron chi connectivity index (χ4n) is 3.89. The molecule has 2 rings (SSSR count). The van der Waals surface area contributed by atoms with E-state index in [4.69, 9.17) is 0 Å². The lowest BCUT2D eigenvalue weighted by atomic mass is 9.90. The predicted octanol–water partition coefficient (Wildman–Crippen LogP) is 1.18. The largest absolute Gasteiger partial charge is 0.480 e. The van der Waals surface area contributed by atoms with E-state index in [1.165, 1.54) is 0 Å². The van der Waals surface area contributed by atoms with Gasteiger partial charge in [0, 0.05) is 29.4 Å². The van der Waals surface area contributed by atoms with Gasteiger partial charge in [0.15, 0.2) is 0 Å². The van der Waals surface area contributed by atoms with Crippen LogP contribution in [-0.2, 0) is 19.2 Å². The number of hydrogen-bond donors (Lipinski definition) is 5. The highest BCUT2D eigenvalue weighted by atomic mass is 32.2. The van der Waals surface area contributed by atoms with E-state index in [-0.39, 0.29) is 43.4 Å². The second kappa shape index (κ2) is 12.2. The maximum Gasteiger partial charge on any atom is 0.326 e. The number of carboxylic acids is 1. The van der Waals surface area contributed by atoms with Crippen LogP contribution in [0.2, 0.25) is 0 Å². The van der Waals surface area contributed by atoms with Gasteiger partial charge in [0.05, 0.1) is 12.1 Å². The number of Topliss-reactive ketones (excluding diaryl/α,β-unsaturated/α-hetero) is 1. The van der Waals surface area contributed by atoms with E-state index in [2.05, 4.69) is 21.3 Å². The maximum absolute atomic E-state index is 12.2. The first-order valence-electron chi connectivity index (χ1n) is 11.5. The summed E-state index contributed by atoms with van der Waals surface area (Å²) in [5.74, 6) is -1.61. The Morgan fingerprint density at radius 2 is 1.85 bits per heavy atom. The summed E-state index contributed by atoms with van der Waals surface area (Å²) in [6.07, 6.45) is 3.88. The Morgan fingerprint density at radius 1 is 1.12 bits per heavy atom. The molecule has 2 heterocycles. The molecule has 0 aromatic carbocycles. The average molecular weight is 485 g/mol. The van der Waals surface area contributed by atoms with Gasteiger partial charge >= 0.3 is 12.0 Å². The number of fused-ring (bicyclic) bond motifs is 1. The minimum Gasteiger partial charge on any atom is -0.480 e. The molecule has 0 aliphatic carbocycles. The third-order valence-electron chi connectivity index (χ3n) is 5.81. The molecule has 0 aromatic heterocycles. The molecule has 0 spiro atoms. The summed E-state index contributed by atoms with van der Waals surface area (Å²) in [5, 5.41) is 20.7. The van der Waals surface area contributed by atoms with E-state index in [1.807, 2.05) is 11.8 Å². The van der Waals surface area contributed by atoms with Gasteiger partial charge in [-0.1, -0.05) is 27.2 Å². The van der Waals surface area contributed by atoms with E-state index >= 15 is 0 Å². The number of hydrogen-bond acceptors (Lipinski definition) is 6. The third-order valence-corrected chi connectivity index (χ3v) is 7.32. The highest BCUT2D eigenvalue weighted by molar-refractivity contribution is 8.00. The monoisotopic (exact) mass is 484 g/mol. The summed E-state index contributed by atoms with van der Waals surface area (Å²) in [7, 11) is 0. The number of ketones is 1. The molecule has 4 amide bonds. The van der Waals surface area contributed by atoms with Crippen LogP contribution in [0, 0.1) is 5.41 Å². The maximum atomic E-state index is 12.2. The van der Waals surface area contributed by atoms with E-state index in [1.54, 1.807) is 20.8 Å². The summed E-state index contributed by atoms with van der Waals surface area (Å²) in [6, 6.07) is -0.769. The summed E-state index contributed by atoms with van der Waals surface area (Å²) in [5.41, 5.74) is -0.745. The quantitative estimate of drug-likeness (QED) is 0.149. The molecule has 0 saturated carbocycles. The standard InChI is InChI=1S/C22H36N4O6S/c1-22(2,3)18(28)19(29)23-11-7-6-8-13(20(30)31)24-16(27)10-5-4-9-15-17-14(12-33-15)25-21(32)26-17/h13-15,17H,4-12H2,1-3H3,(H,23,29)(H,24,27)(H,30,31)(H2,25,26,32)/t13-,14-,15-,17-/m0/s1. The van der Waals surface area contributed by atoms with E-state index in [0.29, 0.717) is 24.5 Å². The third kappa shape index (κ3) is 8.53. The van der Waals surface area contributed by atoms with Crippen molar-refractivity contribution in [1.82, 2.24) is 21.3 Å². The predicted molar refractivity (Wildman–Crippen MR) is 125 cm³/mol. The number of aliphatic carboxylic acids is 1. The van der Waals surface area contributed by atoms with Crippen molar-refractivity contribution < 1.29 is 29.1 Å². The topological polar surface area (TPSA) is 154 Å². The van der Waals surface area contributed by atoms with Crippen LogP contribution in [0.15, 0.2) is 0 Å². The van der Waals surface area contributed by atoms with Gasteiger partial charge in [-0.2, -0.15) is 11.8 Å². The van der Waals surface area contributed by atoms with Crippen molar-refractivity contribution in [2.75, 3.05) is 12.3 Å². The summed E-state index contributed by atoms with van der Waals surface area (Å²) in [6.45, 7) is 5.29. The van der Waals surface area contributed by atoms with Crippen molar-refractivity contribution >= 4 is 41.4 Å². The van der Waals surface area contributed by atoms with Crippen LogP contribution in [-0.4, -0.2) is 70.4 Å². The Morgan fingerprint density at radius 3 is 2.52 bits per heavy atom. The summed E-state index contributed by atoms with van der Waals surface area (Å²) < 4.78 is 0. The number of carbonyl (C=O) groups excluding carboxylic acids is 4. The number of carbonyl (C=O) groups is 5. The fourth-order valence-corrected chi connectivity index (χ4v) is 5.44. The van der Waals surface area contributed by atoms with Crippen molar-refractivity contribution in [3.63, 3.8) is 0 Å². The van der Waals surface area contributed by atoms with E-state index < -0.39 is 29.1 Å². The summed E-state index contributed by atoms with van der Waals surface area (Å²) >= 11 is 1.83. The van der Waals surface area contributed by atoms with Crippen molar-refractivity contribution in [1.29, 1.82) is 0 Å². The number of carboxylic acid groups (broad SMARTS) is 1. The smallest absolute Gasteiger partial charge is 0.326 e. The lowest BCUT2D eigenvalue weighted by Crippen LogP contribution is -2.41. The lowest BCUT2D eigenvalue weighted by Gasteiger charge is -2.17. The first kappa shape index (κ1) is 26.9. The van der Waals surface area contributed by atoms with Crippen LogP contribution in [0.1, 0.15) is 65.7 Å². The Balaban J connectivity index is 1.59. The van der Waals surface area contributed by atoms with Crippen LogP contribution in [0.25, 0.3) is 0 Å². The first-order valence-corrected chi connectivity index (χ1v) is 12.6. The molecule has 0 unspecified atom stereocenters. The minimum absolute atomic E-state index is 0.116. The van der Waals surface area contributed by atoms with Crippen molar-refractivity contribution in [2.24, 2.45) is 5.41 Å². The van der Waals surface area contributed by atoms with Crippen molar-refractivity contribution in [3.8, 4) is 0 Å². The molecule has 0 aromatic rings. The highest BCUT2D eigenvalue weighted by Gasteiger charge is 2.42. The van der Waals surface area contributed by atoms with Gasteiger partial charge in [0.25, 0.3) is 5.91 Å². The molecule has 2 fully saturated rings. The van der Waals surface area contributed by atoms with Gasteiger partial charge in [-0.25, -0.2) is 9.59 Å². The molecule has 2 aliphatic rings. The van der Waals surface area contributed by atoms with E-state index in [0.717, 1.165) is 18.6 Å². The van der Waals surface area contributed by atoms with Crippen LogP contribution < -0.4 is 21.3 Å². The van der Waals surface area contributed by atoms with Crippen LogP contribution >= 0.6 is 11.8 Å². The molecule has 0 bridgehead atoms. The number of urea groups is 1. The van der Waals surface area contributed by atoms with Crippen LogP contribution in [0.3, 0.4) is 0 Å². The second-order valence-corrected chi connectivity index (χ2v) is 10.9. The Kier molecular flexibility index (Phi) is 10.00. The second-order valence-electron chi connectivity index (χ2n) is 9.66. The number of thioether (sulfide) groups is 1. The minimum atomic E-state index is -1.09. The number of amides is 4. The first-order chi connectivity index (χ1) is 15.5. The van der Waals surface area contributed by atoms with Crippen molar-refractivity contribution in [3.05, 3.63) is 0 Å². The normalized spacial score (nSPS) is 22.6. The molecule has 2 aliphatic heterocycles. The van der Waals surface area contributed by atoms with E-state index in [9.17, 15) is 29.1 Å². The van der Waals surface area contributed by atoms with Gasteiger partial charge in [0.2, 0.25) is 11.7 Å². The zero-order chi connectivity index (χ0) is 24.6. The Labute approximate surface area is 198 Å². The molecule has 10 nitrogen and oxygen atoms in total. The molecule has 4 atom stereocenters. The van der Waals surface area contributed by atoms with Gasteiger partial charge in [-0.3, -0.25) is 14.4 Å². The Hall–Kier alpha value is -2.30. The zero-order valence-corrected chi connectivity index (χ0v) is 20.4. The fraction of sp³-hybridized carbons (Fsp3) is 0.773. The molecular weight excluding hydrogens is 448 g/mol. The number of nitrogens with one attached hydrogen (secondary N) is 4. The lowest BCUT2D eigenvalue weighted by molar-refractivity contribution is -0.142. The van der Waals surface area contributed by atoms with Gasteiger partial charge < -0.3 is 26.4 Å². The molecule has 11 heteroatoms. The Bertz CT molecular complexity index is 754. The van der Waals surface area contributed by atoms with Gasteiger partial charge in [-0.05, 0) is 32.1 Å². The highest BCUT2D eigenvalue weighted by Crippen LogP contribution is 2.33. The zero-order valence-electron chi connectivity index (χ0n) is 19.6. The molecule has 0 radical (unpaired) electrons. The van der Waals surface area contributed by atoms with Gasteiger partial charge in [-0.15, -0.1) is 0 Å². The van der Waals surface area contributed by atoms with Crippen LogP contribution in [0.5, 0.6) is 0 Å². The number of unbranched alkanes of at least 4 members (excludes halogenated alkanes) is 2. The molecule has 33 heavy (non-hydrogen) atoms. The van der Waals surface area contributed by atoms with Crippen LogP contribution in [0.4, 0.5) is 4.79 Å². The van der Waals surface area contributed by atoms with Gasteiger partial charge in [0.1, 0.15) is 6.04 Å². The molecule has 2 saturated heterocycles. The molecule has 186 valence electrons. The number of rotatable bonds is 13. The SMILES string of the molecule is CC(C)(C)C(=O)C(=O)NCCCC[C@H](NC(=O)CCCC[C@@H]1SC[C@@H]2NC(=O)N[C@@H]21)C(=O)O. The van der Waals surface area contributed by atoms with Crippen molar-refractivity contribution in [2.45, 2.75) is 89.1 Å². The average Bonchev–Trinajstić information content (AvgIpc) is 3.27. The molecule has 5 N–H and O–H groups in total. The molecular formula is C22H36N4O6S. The summed E-state index contributed by atoms with van der Waals surface area (Å²) in [4.78, 5) is 58.7.